The van der Waals surface area contributed by atoms with Crippen molar-refractivity contribution in [1.82, 2.24) is 10.6 Å². The van der Waals surface area contributed by atoms with Gasteiger partial charge in [0.1, 0.15) is 18.7 Å². The van der Waals surface area contributed by atoms with Gasteiger partial charge >= 0.3 is 12.1 Å². The van der Waals surface area contributed by atoms with Crippen molar-refractivity contribution in [3.63, 3.8) is 0 Å². The molecule has 0 fully saturated rings. The van der Waals surface area contributed by atoms with E-state index in [1.807, 2.05) is 36.4 Å². The third kappa shape index (κ3) is 5.51. The molecule has 8 nitrogen and oxygen atoms in total. The average Bonchev–Trinajstić information content (AvgIpc) is 3.13. The van der Waals surface area contributed by atoms with Gasteiger partial charge in [-0.25, -0.2) is 9.59 Å². The number of fused-ring (bicyclic) bond motifs is 3. The van der Waals surface area contributed by atoms with Crippen LogP contribution < -0.4 is 10.6 Å². The van der Waals surface area contributed by atoms with E-state index < -0.39 is 30.1 Å². The predicted molar refractivity (Wildman–Crippen MR) is 123 cm³/mol. The molecule has 2 aromatic carbocycles. The second-order valence-corrected chi connectivity index (χ2v) is 8.23. The molecule has 2 amide bonds. The van der Waals surface area contributed by atoms with E-state index in [-0.39, 0.29) is 25.0 Å². The second kappa shape index (κ2) is 11.0. The number of esters is 1. The van der Waals surface area contributed by atoms with Crippen molar-refractivity contribution in [3.8, 4) is 11.1 Å². The van der Waals surface area contributed by atoms with Crippen molar-refractivity contribution in [1.29, 1.82) is 0 Å². The molecule has 0 heterocycles. The maximum Gasteiger partial charge on any atom is 0.407 e. The number of amides is 2. The molecule has 0 radical (unpaired) electrons. The third-order valence-corrected chi connectivity index (χ3v) is 5.71. The number of carbonyl (C=O) groups is 3. The number of methoxy groups -OCH3 is 2. The van der Waals surface area contributed by atoms with Crippen molar-refractivity contribution >= 4 is 18.0 Å². The zero-order valence-corrected chi connectivity index (χ0v) is 19.3. The van der Waals surface area contributed by atoms with Gasteiger partial charge in [-0.15, -0.1) is 0 Å². The number of carbonyl (C=O) groups excluding carboxylic acids is 3. The van der Waals surface area contributed by atoms with E-state index in [0.29, 0.717) is 0 Å². The van der Waals surface area contributed by atoms with Gasteiger partial charge in [0.05, 0.1) is 13.7 Å². The molecular formula is C25H30N2O6. The summed E-state index contributed by atoms with van der Waals surface area (Å²) in [5.74, 6) is -1.41. The highest BCUT2D eigenvalue weighted by molar-refractivity contribution is 5.90. The van der Waals surface area contributed by atoms with Gasteiger partial charge < -0.3 is 24.8 Å². The molecule has 0 saturated heterocycles. The van der Waals surface area contributed by atoms with Crippen LogP contribution in [0.15, 0.2) is 48.5 Å². The molecule has 0 aliphatic heterocycles. The van der Waals surface area contributed by atoms with Crippen molar-refractivity contribution in [2.24, 2.45) is 5.92 Å². The molecule has 2 N–H and O–H groups in total. The number of rotatable bonds is 9. The minimum absolute atomic E-state index is 0.0813. The van der Waals surface area contributed by atoms with Crippen molar-refractivity contribution in [2.75, 3.05) is 27.4 Å². The lowest BCUT2D eigenvalue weighted by molar-refractivity contribution is -0.146. The van der Waals surface area contributed by atoms with E-state index in [2.05, 4.69) is 22.8 Å². The summed E-state index contributed by atoms with van der Waals surface area (Å²) < 4.78 is 15.3. The average molecular weight is 455 g/mol. The van der Waals surface area contributed by atoms with Crippen LogP contribution >= 0.6 is 0 Å². The molecular weight excluding hydrogens is 424 g/mol. The van der Waals surface area contributed by atoms with E-state index in [9.17, 15) is 14.4 Å². The molecule has 0 aromatic heterocycles. The summed E-state index contributed by atoms with van der Waals surface area (Å²) >= 11 is 0. The first-order valence-corrected chi connectivity index (χ1v) is 10.9. The molecule has 0 spiro atoms. The van der Waals surface area contributed by atoms with Crippen molar-refractivity contribution in [3.05, 3.63) is 59.7 Å². The molecule has 1 aliphatic carbocycles. The summed E-state index contributed by atoms with van der Waals surface area (Å²) in [4.78, 5) is 37.2. The molecule has 2 atom stereocenters. The van der Waals surface area contributed by atoms with Gasteiger partial charge in [-0.05, 0) is 28.2 Å². The lowest BCUT2D eigenvalue weighted by atomic mass is 9.98. The Bertz CT molecular complexity index is 960. The van der Waals surface area contributed by atoms with Crippen LogP contribution in [0, 0.1) is 5.92 Å². The number of hydrogen-bond donors (Lipinski definition) is 2. The first-order valence-electron chi connectivity index (χ1n) is 10.9. The Balaban J connectivity index is 1.65. The molecule has 3 rings (SSSR count). The zero-order chi connectivity index (χ0) is 24.0. The number of ether oxygens (including phenoxy) is 3. The van der Waals surface area contributed by atoms with Gasteiger partial charge in [0.2, 0.25) is 5.91 Å². The van der Waals surface area contributed by atoms with Crippen LogP contribution in [0.1, 0.15) is 30.9 Å². The Morgan fingerprint density at radius 2 is 1.48 bits per heavy atom. The summed E-state index contributed by atoms with van der Waals surface area (Å²) in [6.45, 7) is 3.61. The normalized spacial score (nSPS) is 14.1. The molecule has 8 heteroatoms. The van der Waals surface area contributed by atoms with Gasteiger partial charge in [-0.3, -0.25) is 4.79 Å². The zero-order valence-electron chi connectivity index (χ0n) is 19.3. The molecule has 176 valence electrons. The Hall–Kier alpha value is -3.39. The lowest BCUT2D eigenvalue weighted by Crippen LogP contribution is -2.55. The fraction of sp³-hybridized carbons (Fsp3) is 0.400. The van der Waals surface area contributed by atoms with Crippen LogP contribution in [0.25, 0.3) is 11.1 Å². The lowest BCUT2D eigenvalue weighted by Gasteiger charge is -2.24. The van der Waals surface area contributed by atoms with Gasteiger partial charge in [0.15, 0.2) is 0 Å². The number of hydrogen-bond acceptors (Lipinski definition) is 6. The molecule has 1 aliphatic rings. The fourth-order valence-electron chi connectivity index (χ4n) is 4.01. The standard InChI is InChI=1S/C25H30N2O6/c1-15(2)22(24(29)32-4)27-23(28)21(14-31-3)26-25(30)33-13-20-18-11-7-5-9-16(18)17-10-6-8-12-19(17)20/h5-12,15,20-22H,13-14H2,1-4H3,(H,26,30)(H,27,28)/t21-,22?/m0/s1. The molecule has 1 unspecified atom stereocenters. The van der Waals surface area contributed by atoms with E-state index in [0.717, 1.165) is 22.3 Å². The van der Waals surface area contributed by atoms with E-state index >= 15 is 0 Å². The topological polar surface area (TPSA) is 103 Å². The largest absolute Gasteiger partial charge is 0.467 e. The minimum atomic E-state index is -1.03. The van der Waals surface area contributed by atoms with Gasteiger partial charge in [0, 0.05) is 13.0 Å². The molecule has 33 heavy (non-hydrogen) atoms. The Kier molecular flexibility index (Phi) is 8.06. The van der Waals surface area contributed by atoms with Crippen LogP contribution in [-0.4, -0.2) is 57.5 Å². The Labute approximate surface area is 193 Å². The smallest absolute Gasteiger partial charge is 0.407 e. The second-order valence-electron chi connectivity index (χ2n) is 8.23. The molecule has 2 aromatic rings. The van der Waals surface area contributed by atoms with E-state index in [1.54, 1.807) is 13.8 Å². The Morgan fingerprint density at radius 3 is 2.00 bits per heavy atom. The predicted octanol–water partition coefficient (Wildman–Crippen LogP) is 2.85. The fourth-order valence-corrected chi connectivity index (χ4v) is 4.01. The summed E-state index contributed by atoms with van der Waals surface area (Å²) in [6.07, 6.45) is -0.742. The SMILES string of the molecule is COC[C@H](NC(=O)OCC1c2ccccc2-c2ccccc21)C(=O)NC(C(=O)OC)C(C)C. The quantitative estimate of drug-likeness (QED) is 0.565. The summed E-state index contributed by atoms with van der Waals surface area (Å²) in [5.41, 5.74) is 4.44. The minimum Gasteiger partial charge on any atom is -0.467 e. The highest BCUT2D eigenvalue weighted by atomic mass is 16.5. The number of alkyl carbamates (subject to hydrolysis) is 1. The first-order chi connectivity index (χ1) is 15.9. The van der Waals surface area contributed by atoms with Crippen molar-refractivity contribution < 1.29 is 28.6 Å². The summed E-state index contributed by atoms with van der Waals surface area (Å²) in [6, 6.07) is 14.2. The number of benzene rings is 2. The summed E-state index contributed by atoms with van der Waals surface area (Å²) in [7, 11) is 2.67. The van der Waals surface area contributed by atoms with Crippen LogP contribution in [0.3, 0.4) is 0 Å². The highest BCUT2D eigenvalue weighted by Gasteiger charge is 2.31. The van der Waals surface area contributed by atoms with Crippen LogP contribution in [0.5, 0.6) is 0 Å². The van der Waals surface area contributed by atoms with Gasteiger partial charge in [-0.2, -0.15) is 0 Å². The van der Waals surface area contributed by atoms with Crippen molar-refractivity contribution in [2.45, 2.75) is 31.8 Å². The number of nitrogens with one attached hydrogen (secondary N) is 2. The van der Waals surface area contributed by atoms with Crippen LogP contribution in [-0.2, 0) is 23.8 Å². The van der Waals surface area contributed by atoms with E-state index in [1.165, 1.54) is 14.2 Å². The molecule has 0 bridgehead atoms. The monoisotopic (exact) mass is 454 g/mol. The first kappa shape index (κ1) is 24.3. The van der Waals surface area contributed by atoms with Crippen LogP contribution in [0.4, 0.5) is 4.79 Å². The molecule has 0 saturated carbocycles. The summed E-state index contributed by atoms with van der Waals surface area (Å²) in [5, 5.41) is 5.16. The third-order valence-electron chi connectivity index (χ3n) is 5.71. The maximum absolute atomic E-state index is 12.7. The highest BCUT2D eigenvalue weighted by Crippen LogP contribution is 2.44. The maximum atomic E-state index is 12.7. The Morgan fingerprint density at radius 1 is 0.909 bits per heavy atom. The van der Waals surface area contributed by atoms with Crippen LogP contribution in [0.2, 0.25) is 0 Å². The van der Waals surface area contributed by atoms with Gasteiger partial charge in [-0.1, -0.05) is 62.4 Å². The van der Waals surface area contributed by atoms with E-state index in [4.69, 9.17) is 14.2 Å². The van der Waals surface area contributed by atoms with Gasteiger partial charge in [0.25, 0.3) is 0 Å².